The number of piperidine rings is 1. The second kappa shape index (κ2) is 4.92. The van der Waals surface area contributed by atoms with E-state index < -0.39 is 0 Å². The lowest BCUT2D eigenvalue weighted by Gasteiger charge is -2.34. The van der Waals surface area contributed by atoms with E-state index in [1.807, 2.05) is 0 Å². The molecular weight excluding hydrogens is 196 g/mol. The Morgan fingerprint density at radius 3 is 3.07 bits per heavy atom. The fourth-order valence-corrected chi connectivity index (χ4v) is 2.04. The Kier molecular flexibility index (Phi) is 3.56. The fraction of sp³-hybridized carbons (Fsp3) is 0.900. The number of likely N-dealkylation sites (tertiary alicyclic amines) is 1. The van der Waals surface area contributed by atoms with Gasteiger partial charge in [0.05, 0.1) is 32.0 Å². The number of rotatable bonds is 2. The third-order valence-corrected chi connectivity index (χ3v) is 2.88. The van der Waals surface area contributed by atoms with Gasteiger partial charge in [0.1, 0.15) is 0 Å². The minimum atomic E-state index is -0.316. The van der Waals surface area contributed by atoms with Gasteiger partial charge in [-0.05, 0) is 12.8 Å². The SMILES string of the molecule is NC1CCCN(CC2COCCO2)C1=O. The molecule has 0 saturated carbocycles. The van der Waals surface area contributed by atoms with Gasteiger partial charge in [0.15, 0.2) is 0 Å². The Hall–Kier alpha value is -0.650. The lowest BCUT2D eigenvalue weighted by molar-refractivity contribution is -0.142. The summed E-state index contributed by atoms with van der Waals surface area (Å²) in [5.41, 5.74) is 5.71. The second-order valence-electron chi connectivity index (χ2n) is 4.10. The summed E-state index contributed by atoms with van der Waals surface area (Å²) in [5, 5.41) is 0. The van der Waals surface area contributed by atoms with E-state index in [4.69, 9.17) is 15.2 Å². The molecule has 0 radical (unpaired) electrons. The molecule has 2 N–H and O–H groups in total. The molecule has 2 aliphatic rings. The number of ether oxygens (including phenoxy) is 2. The highest BCUT2D eigenvalue weighted by Gasteiger charge is 2.28. The van der Waals surface area contributed by atoms with E-state index in [2.05, 4.69) is 0 Å². The molecule has 2 saturated heterocycles. The summed E-state index contributed by atoms with van der Waals surface area (Å²) >= 11 is 0. The van der Waals surface area contributed by atoms with Gasteiger partial charge in [-0.3, -0.25) is 4.79 Å². The largest absolute Gasteiger partial charge is 0.376 e. The normalized spacial score (nSPS) is 33.1. The lowest BCUT2D eigenvalue weighted by Crippen LogP contribution is -2.52. The summed E-state index contributed by atoms with van der Waals surface area (Å²) in [6.07, 6.45) is 1.81. The number of nitrogens with two attached hydrogens (primary N) is 1. The van der Waals surface area contributed by atoms with Crippen molar-refractivity contribution in [3.63, 3.8) is 0 Å². The quantitative estimate of drug-likeness (QED) is 0.663. The Bertz CT molecular complexity index is 229. The fourth-order valence-electron chi connectivity index (χ4n) is 2.04. The lowest BCUT2D eigenvalue weighted by atomic mass is 10.1. The van der Waals surface area contributed by atoms with Crippen molar-refractivity contribution < 1.29 is 14.3 Å². The van der Waals surface area contributed by atoms with Crippen LogP contribution >= 0.6 is 0 Å². The third kappa shape index (κ3) is 2.68. The number of carbonyl (C=O) groups is 1. The van der Waals surface area contributed by atoms with Crippen molar-refractivity contribution in [3.8, 4) is 0 Å². The number of amides is 1. The van der Waals surface area contributed by atoms with Gasteiger partial charge in [-0.25, -0.2) is 0 Å². The van der Waals surface area contributed by atoms with Crippen LogP contribution in [-0.4, -0.2) is 55.9 Å². The van der Waals surface area contributed by atoms with Crippen LogP contribution in [0.2, 0.25) is 0 Å². The molecule has 2 aliphatic heterocycles. The van der Waals surface area contributed by atoms with Gasteiger partial charge in [0, 0.05) is 13.1 Å². The number of nitrogens with zero attached hydrogens (tertiary/aromatic N) is 1. The maximum atomic E-state index is 11.7. The molecule has 2 heterocycles. The minimum absolute atomic E-state index is 0.0213. The third-order valence-electron chi connectivity index (χ3n) is 2.88. The molecule has 15 heavy (non-hydrogen) atoms. The van der Waals surface area contributed by atoms with Crippen molar-refractivity contribution in [2.45, 2.75) is 25.0 Å². The molecule has 86 valence electrons. The van der Waals surface area contributed by atoms with Crippen molar-refractivity contribution in [2.75, 3.05) is 32.9 Å². The molecule has 2 atom stereocenters. The second-order valence-corrected chi connectivity index (χ2v) is 4.10. The molecule has 5 heteroatoms. The van der Waals surface area contributed by atoms with Crippen LogP contribution in [0.4, 0.5) is 0 Å². The van der Waals surface area contributed by atoms with Crippen LogP contribution in [0.3, 0.4) is 0 Å². The smallest absolute Gasteiger partial charge is 0.239 e. The van der Waals surface area contributed by atoms with Crippen molar-refractivity contribution in [3.05, 3.63) is 0 Å². The summed E-state index contributed by atoms with van der Waals surface area (Å²) in [6, 6.07) is -0.316. The predicted octanol–water partition coefficient (Wildman–Crippen LogP) is -0.648. The van der Waals surface area contributed by atoms with Crippen LogP contribution in [0.25, 0.3) is 0 Å². The molecular formula is C10H18N2O3. The first kappa shape index (κ1) is 10.9. The summed E-state index contributed by atoms with van der Waals surface area (Å²) in [5.74, 6) is 0.0513. The summed E-state index contributed by atoms with van der Waals surface area (Å²) in [6.45, 7) is 3.28. The van der Waals surface area contributed by atoms with E-state index in [9.17, 15) is 4.79 Å². The molecule has 0 aliphatic carbocycles. The number of hydrogen-bond donors (Lipinski definition) is 1. The Morgan fingerprint density at radius 2 is 2.33 bits per heavy atom. The van der Waals surface area contributed by atoms with Crippen LogP contribution < -0.4 is 5.73 Å². The van der Waals surface area contributed by atoms with Crippen molar-refractivity contribution in [1.29, 1.82) is 0 Å². The zero-order valence-corrected chi connectivity index (χ0v) is 8.85. The first-order valence-electron chi connectivity index (χ1n) is 5.51. The van der Waals surface area contributed by atoms with Gasteiger partial charge in [-0.2, -0.15) is 0 Å². The molecule has 1 amide bonds. The van der Waals surface area contributed by atoms with Crippen LogP contribution in [0.15, 0.2) is 0 Å². The maximum absolute atomic E-state index is 11.7. The van der Waals surface area contributed by atoms with Gasteiger partial charge in [-0.15, -0.1) is 0 Å². The molecule has 2 fully saturated rings. The van der Waals surface area contributed by atoms with Crippen molar-refractivity contribution in [1.82, 2.24) is 4.90 Å². The average Bonchev–Trinajstić information content (AvgIpc) is 2.26. The first-order chi connectivity index (χ1) is 7.27. The van der Waals surface area contributed by atoms with Gasteiger partial charge < -0.3 is 20.1 Å². The molecule has 0 spiro atoms. The molecule has 0 bridgehead atoms. The molecule has 2 unspecified atom stereocenters. The average molecular weight is 214 g/mol. The first-order valence-corrected chi connectivity index (χ1v) is 5.51. The van der Waals surface area contributed by atoms with Gasteiger partial charge in [0.2, 0.25) is 5.91 Å². The molecule has 0 aromatic heterocycles. The maximum Gasteiger partial charge on any atom is 0.239 e. The summed E-state index contributed by atoms with van der Waals surface area (Å²) in [4.78, 5) is 13.5. The summed E-state index contributed by atoms with van der Waals surface area (Å²) < 4.78 is 10.8. The van der Waals surface area contributed by atoms with Crippen molar-refractivity contribution >= 4 is 5.91 Å². The van der Waals surface area contributed by atoms with E-state index >= 15 is 0 Å². The molecule has 0 aromatic rings. The standard InChI is InChI=1S/C10H18N2O3/c11-9-2-1-3-12(10(9)13)6-8-7-14-4-5-15-8/h8-9H,1-7,11H2. The Labute approximate surface area is 89.5 Å². The topological polar surface area (TPSA) is 64.8 Å². The predicted molar refractivity (Wildman–Crippen MR) is 54.3 cm³/mol. The highest BCUT2D eigenvalue weighted by molar-refractivity contribution is 5.82. The highest BCUT2D eigenvalue weighted by atomic mass is 16.6. The van der Waals surface area contributed by atoms with E-state index in [0.717, 1.165) is 19.4 Å². The Morgan fingerprint density at radius 1 is 1.47 bits per heavy atom. The van der Waals surface area contributed by atoms with Crippen LogP contribution in [0.1, 0.15) is 12.8 Å². The zero-order chi connectivity index (χ0) is 10.7. The molecule has 2 rings (SSSR count). The number of hydrogen-bond acceptors (Lipinski definition) is 4. The monoisotopic (exact) mass is 214 g/mol. The molecule has 0 aromatic carbocycles. The summed E-state index contributed by atoms with van der Waals surface area (Å²) in [7, 11) is 0. The van der Waals surface area contributed by atoms with E-state index in [1.165, 1.54) is 0 Å². The zero-order valence-electron chi connectivity index (χ0n) is 8.85. The van der Waals surface area contributed by atoms with Crippen LogP contribution in [-0.2, 0) is 14.3 Å². The Balaban J connectivity index is 1.84. The highest BCUT2D eigenvalue weighted by Crippen LogP contribution is 2.12. The van der Waals surface area contributed by atoms with Gasteiger partial charge >= 0.3 is 0 Å². The van der Waals surface area contributed by atoms with E-state index in [0.29, 0.717) is 26.4 Å². The number of carbonyl (C=O) groups excluding carboxylic acids is 1. The van der Waals surface area contributed by atoms with Gasteiger partial charge in [0.25, 0.3) is 0 Å². The van der Waals surface area contributed by atoms with Crippen LogP contribution in [0, 0.1) is 0 Å². The van der Waals surface area contributed by atoms with Crippen molar-refractivity contribution in [2.24, 2.45) is 5.73 Å². The van der Waals surface area contributed by atoms with Crippen LogP contribution in [0.5, 0.6) is 0 Å². The minimum Gasteiger partial charge on any atom is -0.376 e. The van der Waals surface area contributed by atoms with E-state index in [-0.39, 0.29) is 18.1 Å². The van der Waals surface area contributed by atoms with Gasteiger partial charge in [-0.1, -0.05) is 0 Å². The molecule has 5 nitrogen and oxygen atoms in total. The van der Waals surface area contributed by atoms with E-state index in [1.54, 1.807) is 4.90 Å².